The Bertz CT molecular complexity index is 813. The number of aromatic nitrogens is 2. The van der Waals surface area contributed by atoms with E-state index in [9.17, 15) is 0 Å². The summed E-state index contributed by atoms with van der Waals surface area (Å²) in [7, 11) is 0. The largest absolute Gasteiger partial charge is 0.494 e. The number of benzene rings is 1. The number of nitrogens with zero attached hydrogens (tertiary/aromatic N) is 2. The van der Waals surface area contributed by atoms with Crippen LogP contribution in [0.15, 0.2) is 42.7 Å². The van der Waals surface area contributed by atoms with Crippen LogP contribution in [0.3, 0.4) is 0 Å². The van der Waals surface area contributed by atoms with E-state index in [-0.39, 0.29) is 0 Å². The Balaban J connectivity index is 1.70. The van der Waals surface area contributed by atoms with Gasteiger partial charge in [-0.05, 0) is 49.4 Å². The summed E-state index contributed by atoms with van der Waals surface area (Å²) in [5, 5.41) is 0. The maximum atomic E-state index is 5.83. The summed E-state index contributed by atoms with van der Waals surface area (Å²) in [5.74, 6) is 7.63. The molecule has 1 aromatic heterocycles. The third-order valence-electron chi connectivity index (χ3n) is 5.40. The predicted molar refractivity (Wildman–Crippen MR) is 136 cm³/mol. The molecule has 0 N–H and O–H groups in total. The number of hydrogen-bond acceptors (Lipinski definition) is 3. The van der Waals surface area contributed by atoms with Gasteiger partial charge >= 0.3 is 0 Å². The van der Waals surface area contributed by atoms with Gasteiger partial charge in [-0.1, -0.05) is 89.7 Å². The molecule has 0 unspecified atom stereocenters. The lowest BCUT2D eigenvalue weighted by Crippen LogP contribution is -1.97. The summed E-state index contributed by atoms with van der Waals surface area (Å²) in [6.45, 7) is 5.28. The van der Waals surface area contributed by atoms with E-state index in [2.05, 4.69) is 47.8 Å². The quantitative estimate of drug-likeness (QED) is 0.211. The first kappa shape index (κ1) is 25.7. The zero-order chi connectivity index (χ0) is 22.7. The molecule has 0 radical (unpaired) electrons. The van der Waals surface area contributed by atoms with Crippen molar-refractivity contribution >= 4 is 6.08 Å². The molecule has 32 heavy (non-hydrogen) atoms. The minimum absolute atomic E-state index is 0.546. The molecule has 0 saturated carbocycles. The SMILES string of the molecule is CCCCCCCC=Cc1cnc(C#Cc2ccc(OCCCCCCCC)cc2)nc1. The molecule has 172 valence electrons. The van der Waals surface area contributed by atoms with E-state index >= 15 is 0 Å². The summed E-state index contributed by atoms with van der Waals surface area (Å²) in [6.07, 6.45) is 23.3. The number of hydrogen-bond donors (Lipinski definition) is 0. The van der Waals surface area contributed by atoms with Gasteiger partial charge in [0.05, 0.1) is 6.61 Å². The summed E-state index contributed by atoms with van der Waals surface area (Å²) >= 11 is 0. The second-order valence-corrected chi connectivity index (χ2v) is 8.34. The van der Waals surface area contributed by atoms with E-state index in [0.717, 1.165) is 36.3 Å². The first-order chi connectivity index (χ1) is 15.8. The fourth-order valence-electron chi connectivity index (χ4n) is 3.41. The van der Waals surface area contributed by atoms with Crippen LogP contribution in [0.4, 0.5) is 0 Å². The van der Waals surface area contributed by atoms with Crippen LogP contribution in [0, 0.1) is 11.8 Å². The molecule has 0 aliphatic heterocycles. The summed E-state index contributed by atoms with van der Waals surface area (Å²) in [6, 6.07) is 7.94. The second-order valence-electron chi connectivity index (χ2n) is 8.34. The van der Waals surface area contributed by atoms with Crippen molar-refractivity contribution in [2.24, 2.45) is 0 Å². The monoisotopic (exact) mass is 432 g/mol. The molecule has 0 saturated heterocycles. The zero-order valence-corrected chi connectivity index (χ0v) is 20.1. The van der Waals surface area contributed by atoms with Crippen molar-refractivity contribution in [2.45, 2.75) is 90.9 Å². The minimum Gasteiger partial charge on any atom is -0.494 e. The lowest BCUT2D eigenvalue weighted by atomic mass is 10.1. The number of rotatable bonds is 15. The average molecular weight is 433 g/mol. The predicted octanol–water partition coefficient (Wildman–Crippen LogP) is 7.99. The maximum Gasteiger partial charge on any atom is 0.205 e. The molecule has 1 heterocycles. The molecule has 0 aliphatic carbocycles. The number of ether oxygens (including phenoxy) is 1. The van der Waals surface area contributed by atoms with Crippen LogP contribution in [0.5, 0.6) is 5.75 Å². The van der Waals surface area contributed by atoms with Gasteiger partial charge in [-0.2, -0.15) is 0 Å². The molecule has 2 rings (SSSR count). The van der Waals surface area contributed by atoms with Crippen molar-refractivity contribution in [3.05, 3.63) is 59.7 Å². The number of unbranched alkanes of at least 4 members (excludes halogenated alkanes) is 10. The van der Waals surface area contributed by atoms with E-state index in [1.165, 1.54) is 64.2 Å². The number of allylic oxidation sites excluding steroid dienone is 1. The van der Waals surface area contributed by atoms with Gasteiger partial charge in [0, 0.05) is 23.5 Å². The maximum absolute atomic E-state index is 5.83. The highest BCUT2D eigenvalue weighted by molar-refractivity contribution is 5.47. The van der Waals surface area contributed by atoms with Crippen LogP contribution < -0.4 is 4.74 Å². The van der Waals surface area contributed by atoms with E-state index in [0.29, 0.717) is 5.82 Å². The van der Waals surface area contributed by atoms with E-state index in [1.807, 2.05) is 36.7 Å². The van der Waals surface area contributed by atoms with Gasteiger partial charge in [-0.25, -0.2) is 9.97 Å². The molecule has 3 nitrogen and oxygen atoms in total. The molecule has 0 fully saturated rings. The van der Waals surface area contributed by atoms with Crippen molar-refractivity contribution in [1.29, 1.82) is 0 Å². The van der Waals surface area contributed by atoms with E-state index < -0.39 is 0 Å². The van der Waals surface area contributed by atoms with Crippen LogP contribution in [0.2, 0.25) is 0 Å². The fourth-order valence-corrected chi connectivity index (χ4v) is 3.41. The Hall–Kier alpha value is -2.60. The van der Waals surface area contributed by atoms with Gasteiger partial charge in [-0.15, -0.1) is 0 Å². The van der Waals surface area contributed by atoms with Gasteiger partial charge in [0.1, 0.15) is 5.75 Å². The lowest BCUT2D eigenvalue weighted by molar-refractivity contribution is 0.304. The molecule has 1 aromatic carbocycles. The summed E-state index contributed by atoms with van der Waals surface area (Å²) in [4.78, 5) is 8.73. The molecule has 2 aromatic rings. The van der Waals surface area contributed by atoms with Gasteiger partial charge in [0.2, 0.25) is 5.82 Å². The van der Waals surface area contributed by atoms with Gasteiger partial charge in [-0.3, -0.25) is 0 Å². The summed E-state index contributed by atoms with van der Waals surface area (Å²) in [5.41, 5.74) is 1.96. The van der Waals surface area contributed by atoms with Crippen molar-refractivity contribution in [3.63, 3.8) is 0 Å². The normalized spacial score (nSPS) is 10.8. The third-order valence-corrected chi connectivity index (χ3v) is 5.40. The smallest absolute Gasteiger partial charge is 0.205 e. The highest BCUT2D eigenvalue weighted by Gasteiger charge is 1.96. The Morgan fingerprint density at radius 2 is 1.38 bits per heavy atom. The Kier molecular flexibility index (Phi) is 13.6. The molecule has 0 spiro atoms. The molecule has 0 amide bonds. The van der Waals surface area contributed by atoms with Gasteiger partial charge in [0.25, 0.3) is 0 Å². The molecule has 0 aliphatic rings. The van der Waals surface area contributed by atoms with Crippen molar-refractivity contribution < 1.29 is 4.74 Å². The Labute approximate surface area is 195 Å². The van der Waals surface area contributed by atoms with Crippen molar-refractivity contribution in [3.8, 4) is 17.6 Å². The van der Waals surface area contributed by atoms with Gasteiger partial charge < -0.3 is 4.74 Å². The summed E-state index contributed by atoms with van der Waals surface area (Å²) < 4.78 is 5.83. The lowest BCUT2D eigenvalue weighted by Gasteiger charge is -2.06. The van der Waals surface area contributed by atoms with Crippen LogP contribution in [-0.4, -0.2) is 16.6 Å². The Morgan fingerprint density at radius 1 is 0.750 bits per heavy atom. The molecular weight excluding hydrogens is 392 g/mol. The van der Waals surface area contributed by atoms with Crippen LogP contribution in [0.25, 0.3) is 6.08 Å². The van der Waals surface area contributed by atoms with Crippen LogP contribution >= 0.6 is 0 Å². The standard InChI is InChI=1S/C29H40N2O/c1-3-5-7-9-11-12-14-16-27-24-30-29(31-25-27)22-19-26-17-20-28(21-18-26)32-23-15-13-10-8-6-4-2/h14,16-18,20-21,24-25H,3-13,15,23H2,1-2H3. The fraction of sp³-hybridized carbons (Fsp3) is 0.517. The van der Waals surface area contributed by atoms with Crippen LogP contribution in [0.1, 0.15) is 108 Å². The van der Waals surface area contributed by atoms with Crippen molar-refractivity contribution in [1.82, 2.24) is 9.97 Å². The topological polar surface area (TPSA) is 35.0 Å². The highest BCUT2D eigenvalue weighted by atomic mass is 16.5. The van der Waals surface area contributed by atoms with Crippen LogP contribution in [-0.2, 0) is 0 Å². The molecule has 0 bridgehead atoms. The van der Waals surface area contributed by atoms with Gasteiger partial charge in [0.15, 0.2) is 0 Å². The Morgan fingerprint density at radius 3 is 2.06 bits per heavy atom. The molecule has 0 atom stereocenters. The molecule has 3 heteroatoms. The van der Waals surface area contributed by atoms with E-state index in [1.54, 1.807) is 0 Å². The first-order valence-electron chi connectivity index (χ1n) is 12.5. The highest BCUT2D eigenvalue weighted by Crippen LogP contribution is 2.13. The first-order valence-corrected chi connectivity index (χ1v) is 12.5. The average Bonchev–Trinajstić information content (AvgIpc) is 2.83. The third kappa shape index (κ3) is 11.7. The van der Waals surface area contributed by atoms with Crippen molar-refractivity contribution in [2.75, 3.05) is 6.61 Å². The second kappa shape index (κ2) is 17.0. The molecular formula is C29H40N2O. The minimum atomic E-state index is 0.546. The van der Waals surface area contributed by atoms with E-state index in [4.69, 9.17) is 4.74 Å². The zero-order valence-electron chi connectivity index (χ0n) is 20.1.